The van der Waals surface area contributed by atoms with Gasteiger partial charge in [-0.05, 0) is 44.9 Å². The van der Waals surface area contributed by atoms with Gasteiger partial charge in [0.1, 0.15) is 13.2 Å². The highest BCUT2D eigenvalue weighted by atomic mass is 16.6. The molecule has 0 saturated carbocycles. The number of ether oxygens (including phenoxy) is 3. The number of esters is 3. The van der Waals surface area contributed by atoms with E-state index in [0.29, 0.717) is 19.3 Å². The first kappa shape index (κ1) is 70.9. The van der Waals surface area contributed by atoms with Gasteiger partial charge in [-0.1, -0.05) is 328 Å². The predicted molar refractivity (Wildman–Crippen MR) is 316 cm³/mol. The Morgan fingerprint density at radius 3 is 0.795 bits per heavy atom. The van der Waals surface area contributed by atoms with Gasteiger partial charge in [-0.2, -0.15) is 0 Å². The molecule has 1 unspecified atom stereocenters. The highest BCUT2D eigenvalue weighted by Crippen LogP contribution is 2.18. The van der Waals surface area contributed by atoms with Crippen LogP contribution in [0.3, 0.4) is 0 Å². The minimum absolute atomic E-state index is 0.0724. The van der Waals surface area contributed by atoms with Gasteiger partial charge in [-0.25, -0.2) is 0 Å². The quantitative estimate of drug-likeness (QED) is 0.0261. The van der Waals surface area contributed by atoms with E-state index < -0.39 is 6.10 Å². The molecule has 73 heavy (non-hydrogen) atoms. The summed E-state index contributed by atoms with van der Waals surface area (Å²) in [5.41, 5.74) is 0. The molecule has 430 valence electrons. The van der Waals surface area contributed by atoms with Crippen LogP contribution in [0.25, 0.3) is 0 Å². The number of unbranched alkanes of at least 4 members (excludes halogenated alkanes) is 46. The predicted octanol–water partition coefficient (Wildman–Crippen LogP) is 22.2. The summed E-state index contributed by atoms with van der Waals surface area (Å²) in [4.78, 5) is 38.0. The molecule has 0 aromatic carbocycles. The Morgan fingerprint density at radius 2 is 0.507 bits per heavy atom. The van der Waals surface area contributed by atoms with Crippen LogP contribution in [0.1, 0.15) is 367 Å². The number of hydrogen-bond donors (Lipinski definition) is 0. The molecule has 0 rings (SSSR count). The summed E-state index contributed by atoms with van der Waals surface area (Å²) in [6.07, 6.45) is 75.4. The maximum Gasteiger partial charge on any atom is 0.306 e. The SMILES string of the molecule is CCCC/C=C\C/C=C\CCCCCCCC(=O)OC(COC(=O)CCCCCCCCC)COC(=O)CCCCCCCCCCCCCCCCCCCCCCCCCCCCCCCCCCCC. The fourth-order valence-corrected chi connectivity index (χ4v) is 9.99. The van der Waals surface area contributed by atoms with Crippen molar-refractivity contribution in [3.63, 3.8) is 0 Å². The Labute approximate surface area is 455 Å². The molecule has 0 aliphatic heterocycles. The lowest BCUT2D eigenvalue weighted by Gasteiger charge is -2.18. The van der Waals surface area contributed by atoms with E-state index in [0.717, 1.165) is 83.5 Å². The van der Waals surface area contributed by atoms with Crippen LogP contribution in [-0.2, 0) is 28.6 Å². The van der Waals surface area contributed by atoms with Crippen LogP contribution in [0.5, 0.6) is 0 Å². The lowest BCUT2D eigenvalue weighted by atomic mass is 10.0. The van der Waals surface area contributed by atoms with Crippen LogP contribution >= 0.6 is 0 Å². The summed E-state index contributed by atoms with van der Waals surface area (Å²) in [5, 5.41) is 0. The zero-order chi connectivity index (χ0) is 52.9. The van der Waals surface area contributed by atoms with Crippen molar-refractivity contribution in [2.24, 2.45) is 0 Å². The van der Waals surface area contributed by atoms with Crippen molar-refractivity contribution >= 4 is 17.9 Å². The molecule has 0 radical (unpaired) electrons. The summed E-state index contributed by atoms with van der Waals surface area (Å²) in [5.74, 6) is -0.874. The van der Waals surface area contributed by atoms with Crippen LogP contribution in [0.4, 0.5) is 0 Å². The fraction of sp³-hybridized carbons (Fsp3) is 0.896. The summed E-state index contributed by atoms with van der Waals surface area (Å²) in [6.45, 7) is 6.60. The second-order valence-corrected chi connectivity index (χ2v) is 22.4. The topological polar surface area (TPSA) is 78.9 Å². The van der Waals surface area contributed by atoms with Gasteiger partial charge >= 0.3 is 17.9 Å². The van der Waals surface area contributed by atoms with Gasteiger partial charge in [0.2, 0.25) is 0 Å². The molecular weight excluding hydrogens is 901 g/mol. The minimum atomic E-state index is -0.772. The van der Waals surface area contributed by atoms with Crippen LogP contribution in [0, 0.1) is 0 Å². The Kier molecular flexibility index (Phi) is 60.6. The van der Waals surface area contributed by atoms with Crippen LogP contribution < -0.4 is 0 Å². The molecule has 0 N–H and O–H groups in total. The van der Waals surface area contributed by atoms with Crippen LogP contribution in [0.15, 0.2) is 24.3 Å². The zero-order valence-electron chi connectivity index (χ0n) is 49.4. The first-order valence-corrected chi connectivity index (χ1v) is 32.8. The third-order valence-electron chi connectivity index (χ3n) is 15.0. The average Bonchev–Trinajstić information content (AvgIpc) is 3.39. The molecule has 0 aromatic heterocycles. The Balaban J connectivity index is 3.89. The maximum atomic E-state index is 12.8. The molecule has 0 amide bonds. The van der Waals surface area contributed by atoms with Gasteiger partial charge < -0.3 is 14.2 Å². The monoisotopic (exact) mass is 1030 g/mol. The number of allylic oxidation sites excluding steroid dienone is 4. The van der Waals surface area contributed by atoms with Gasteiger partial charge in [0, 0.05) is 19.3 Å². The van der Waals surface area contributed by atoms with Crippen molar-refractivity contribution in [2.75, 3.05) is 13.2 Å². The standard InChI is InChI=1S/C67H126O6/c1-4-7-10-13-16-18-20-22-24-25-26-27-28-29-30-31-32-33-34-35-36-37-38-39-40-41-42-43-45-46-48-51-54-57-60-66(69)72-63-64(62-71-65(68)59-56-53-50-15-12-9-6-3)73-67(70)61-58-55-52-49-47-44-23-21-19-17-14-11-8-5-2/h14,17,21,23,64H,4-13,15-16,18-20,22,24-63H2,1-3H3/b17-14-,23-21-. The summed E-state index contributed by atoms with van der Waals surface area (Å²) >= 11 is 0. The zero-order valence-corrected chi connectivity index (χ0v) is 49.4. The summed E-state index contributed by atoms with van der Waals surface area (Å²) < 4.78 is 16.8. The molecule has 6 nitrogen and oxygen atoms in total. The van der Waals surface area contributed by atoms with Crippen molar-refractivity contribution in [3.05, 3.63) is 24.3 Å². The van der Waals surface area contributed by atoms with E-state index in [2.05, 4.69) is 45.1 Å². The molecule has 0 aliphatic rings. The third-order valence-corrected chi connectivity index (χ3v) is 15.0. The summed E-state index contributed by atoms with van der Waals surface area (Å²) in [6, 6.07) is 0. The van der Waals surface area contributed by atoms with E-state index in [1.54, 1.807) is 0 Å². The first-order chi connectivity index (χ1) is 36.0. The number of rotatable bonds is 61. The largest absolute Gasteiger partial charge is 0.462 e. The van der Waals surface area contributed by atoms with Crippen molar-refractivity contribution in [2.45, 2.75) is 374 Å². The molecule has 0 aliphatic carbocycles. The highest BCUT2D eigenvalue weighted by molar-refractivity contribution is 5.71. The molecule has 0 bridgehead atoms. The van der Waals surface area contributed by atoms with Crippen LogP contribution in [0.2, 0.25) is 0 Å². The smallest absolute Gasteiger partial charge is 0.306 e. The van der Waals surface area contributed by atoms with Crippen molar-refractivity contribution in [1.82, 2.24) is 0 Å². The number of carbonyl (C=O) groups is 3. The van der Waals surface area contributed by atoms with E-state index in [9.17, 15) is 14.4 Å². The van der Waals surface area contributed by atoms with E-state index in [-0.39, 0.29) is 31.1 Å². The van der Waals surface area contributed by atoms with Gasteiger partial charge in [0.05, 0.1) is 0 Å². The van der Waals surface area contributed by atoms with Crippen molar-refractivity contribution in [3.8, 4) is 0 Å². The van der Waals surface area contributed by atoms with Crippen LogP contribution in [-0.4, -0.2) is 37.2 Å². The lowest BCUT2D eigenvalue weighted by Crippen LogP contribution is -2.30. The summed E-state index contributed by atoms with van der Waals surface area (Å²) in [7, 11) is 0. The maximum absolute atomic E-state index is 12.8. The minimum Gasteiger partial charge on any atom is -0.462 e. The number of carbonyl (C=O) groups excluding carboxylic acids is 3. The van der Waals surface area contributed by atoms with Gasteiger partial charge in [-0.15, -0.1) is 0 Å². The molecule has 0 aromatic rings. The highest BCUT2D eigenvalue weighted by Gasteiger charge is 2.19. The Hall–Kier alpha value is -2.11. The molecular formula is C67H126O6. The van der Waals surface area contributed by atoms with E-state index in [4.69, 9.17) is 14.2 Å². The van der Waals surface area contributed by atoms with E-state index in [1.807, 2.05) is 0 Å². The Morgan fingerprint density at radius 1 is 0.274 bits per heavy atom. The second-order valence-electron chi connectivity index (χ2n) is 22.4. The average molecular weight is 1030 g/mol. The molecule has 0 spiro atoms. The molecule has 0 fully saturated rings. The molecule has 1 atom stereocenters. The first-order valence-electron chi connectivity index (χ1n) is 32.8. The molecule has 0 saturated heterocycles. The molecule has 6 heteroatoms. The number of hydrogen-bond acceptors (Lipinski definition) is 6. The normalized spacial score (nSPS) is 12.1. The van der Waals surface area contributed by atoms with Gasteiger partial charge in [0.15, 0.2) is 6.10 Å². The Bertz CT molecular complexity index is 1180. The molecule has 0 heterocycles. The fourth-order valence-electron chi connectivity index (χ4n) is 9.99. The van der Waals surface area contributed by atoms with Gasteiger partial charge in [-0.3, -0.25) is 14.4 Å². The second kappa shape index (κ2) is 62.4. The lowest BCUT2D eigenvalue weighted by molar-refractivity contribution is -0.167. The van der Waals surface area contributed by atoms with E-state index in [1.165, 1.54) is 244 Å². The third kappa shape index (κ3) is 60.6. The van der Waals surface area contributed by atoms with Gasteiger partial charge in [0.25, 0.3) is 0 Å². The van der Waals surface area contributed by atoms with Crippen molar-refractivity contribution in [1.29, 1.82) is 0 Å². The van der Waals surface area contributed by atoms with E-state index >= 15 is 0 Å². The van der Waals surface area contributed by atoms with Crippen molar-refractivity contribution < 1.29 is 28.6 Å².